The standard InChI is InChI=1S/C12H21NO4/c1-8(2)12(13(16)17)6-5-11(4,15)10(7-12)9(3)14/h8,10,15H,5-7H2,1-4H3. The Labute approximate surface area is 101 Å². The van der Waals surface area contributed by atoms with Crippen molar-refractivity contribution in [1.29, 1.82) is 0 Å². The molecule has 5 heteroatoms. The first kappa shape index (κ1) is 14.1. The summed E-state index contributed by atoms with van der Waals surface area (Å²) in [6.07, 6.45) is 0.769. The molecule has 3 unspecified atom stereocenters. The average Bonchev–Trinajstić information content (AvgIpc) is 2.15. The topological polar surface area (TPSA) is 80.4 Å². The zero-order valence-electron chi connectivity index (χ0n) is 10.9. The number of ketones is 1. The van der Waals surface area contributed by atoms with Crippen LogP contribution in [0.2, 0.25) is 0 Å². The summed E-state index contributed by atoms with van der Waals surface area (Å²) in [4.78, 5) is 22.6. The van der Waals surface area contributed by atoms with Gasteiger partial charge in [0.15, 0.2) is 0 Å². The highest BCUT2D eigenvalue weighted by Gasteiger charge is 2.56. The van der Waals surface area contributed by atoms with Crippen LogP contribution in [-0.4, -0.2) is 27.0 Å². The van der Waals surface area contributed by atoms with Crippen molar-refractivity contribution in [2.75, 3.05) is 0 Å². The van der Waals surface area contributed by atoms with Gasteiger partial charge in [-0.3, -0.25) is 14.9 Å². The van der Waals surface area contributed by atoms with Gasteiger partial charge in [-0.15, -0.1) is 0 Å². The molecule has 1 N–H and O–H groups in total. The van der Waals surface area contributed by atoms with Crippen molar-refractivity contribution in [1.82, 2.24) is 0 Å². The van der Waals surface area contributed by atoms with E-state index in [9.17, 15) is 20.0 Å². The average molecular weight is 243 g/mol. The molecule has 0 aromatic heterocycles. The molecule has 3 atom stereocenters. The molecule has 0 heterocycles. The van der Waals surface area contributed by atoms with Gasteiger partial charge in [0, 0.05) is 23.7 Å². The van der Waals surface area contributed by atoms with Crippen LogP contribution in [0.25, 0.3) is 0 Å². The second-order valence-electron chi connectivity index (χ2n) is 5.74. The van der Waals surface area contributed by atoms with Gasteiger partial charge in [-0.2, -0.15) is 0 Å². The SMILES string of the molecule is CC(=O)C1CC(C(C)C)([N+](=O)[O-])CCC1(C)O. The van der Waals surface area contributed by atoms with Crippen molar-refractivity contribution in [3.63, 3.8) is 0 Å². The molecule has 0 spiro atoms. The van der Waals surface area contributed by atoms with Crippen LogP contribution in [0.5, 0.6) is 0 Å². The molecule has 0 aliphatic heterocycles. The Morgan fingerprint density at radius 2 is 2.00 bits per heavy atom. The highest BCUT2D eigenvalue weighted by atomic mass is 16.6. The number of Topliss-reactive ketones (excluding diaryl/α,β-unsaturated/α-hetero) is 1. The summed E-state index contributed by atoms with van der Waals surface area (Å²) in [6, 6.07) is 0. The molecular formula is C12H21NO4. The summed E-state index contributed by atoms with van der Waals surface area (Å²) in [5.74, 6) is -0.943. The number of hydrogen-bond donors (Lipinski definition) is 1. The van der Waals surface area contributed by atoms with Crippen LogP contribution in [0.1, 0.15) is 47.0 Å². The highest BCUT2D eigenvalue weighted by molar-refractivity contribution is 5.79. The molecule has 98 valence electrons. The van der Waals surface area contributed by atoms with Crippen LogP contribution >= 0.6 is 0 Å². The predicted molar refractivity (Wildman–Crippen MR) is 63.2 cm³/mol. The fraction of sp³-hybridized carbons (Fsp3) is 0.917. The predicted octanol–water partition coefficient (Wildman–Crippen LogP) is 1.80. The van der Waals surface area contributed by atoms with E-state index in [1.54, 1.807) is 20.8 Å². The van der Waals surface area contributed by atoms with Gasteiger partial charge >= 0.3 is 0 Å². The minimum Gasteiger partial charge on any atom is -0.389 e. The Balaban J connectivity index is 3.09. The van der Waals surface area contributed by atoms with Gasteiger partial charge < -0.3 is 5.11 Å². The minimum absolute atomic E-state index is 0.139. The lowest BCUT2D eigenvalue weighted by Gasteiger charge is -2.43. The summed E-state index contributed by atoms with van der Waals surface area (Å²) in [6.45, 7) is 6.61. The molecule has 1 aliphatic carbocycles. The third kappa shape index (κ3) is 2.34. The Morgan fingerprint density at radius 1 is 1.47 bits per heavy atom. The van der Waals surface area contributed by atoms with Crippen molar-refractivity contribution < 1.29 is 14.8 Å². The first-order valence-electron chi connectivity index (χ1n) is 6.01. The fourth-order valence-electron chi connectivity index (χ4n) is 2.80. The Morgan fingerprint density at radius 3 is 2.35 bits per heavy atom. The largest absolute Gasteiger partial charge is 0.389 e. The molecule has 0 amide bonds. The number of aliphatic hydroxyl groups is 1. The van der Waals surface area contributed by atoms with Crippen LogP contribution in [0.15, 0.2) is 0 Å². The quantitative estimate of drug-likeness (QED) is 0.605. The van der Waals surface area contributed by atoms with Crippen LogP contribution in [0, 0.1) is 22.0 Å². The number of nitrogens with zero attached hydrogens (tertiary/aromatic N) is 1. The first-order valence-corrected chi connectivity index (χ1v) is 6.01. The minimum atomic E-state index is -1.11. The van der Waals surface area contributed by atoms with E-state index in [4.69, 9.17) is 0 Å². The molecule has 17 heavy (non-hydrogen) atoms. The lowest BCUT2D eigenvalue weighted by molar-refractivity contribution is -0.587. The normalized spacial score (nSPS) is 38.1. The Hall–Kier alpha value is -0.970. The van der Waals surface area contributed by atoms with Crippen molar-refractivity contribution in [2.24, 2.45) is 11.8 Å². The third-order valence-electron chi connectivity index (χ3n) is 4.30. The molecule has 0 aromatic rings. The fourth-order valence-corrected chi connectivity index (χ4v) is 2.80. The van der Waals surface area contributed by atoms with Gasteiger partial charge in [0.1, 0.15) is 5.78 Å². The maximum atomic E-state index is 11.6. The van der Waals surface area contributed by atoms with Crippen molar-refractivity contribution in [3.05, 3.63) is 10.1 Å². The molecule has 5 nitrogen and oxygen atoms in total. The molecule has 0 aromatic carbocycles. The van der Waals surface area contributed by atoms with E-state index in [2.05, 4.69) is 0 Å². The molecule has 1 fully saturated rings. The Bertz CT molecular complexity index is 337. The van der Waals surface area contributed by atoms with E-state index in [1.807, 2.05) is 0 Å². The molecule has 1 saturated carbocycles. The van der Waals surface area contributed by atoms with Crippen molar-refractivity contribution in [3.8, 4) is 0 Å². The van der Waals surface area contributed by atoms with Gasteiger partial charge in [-0.25, -0.2) is 0 Å². The maximum Gasteiger partial charge on any atom is 0.225 e. The number of carbonyl (C=O) groups excluding carboxylic acids is 1. The van der Waals surface area contributed by atoms with Gasteiger partial charge in [0.2, 0.25) is 5.54 Å². The van der Waals surface area contributed by atoms with Crippen LogP contribution in [-0.2, 0) is 4.79 Å². The van der Waals surface area contributed by atoms with Gasteiger partial charge in [-0.1, -0.05) is 13.8 Å². The van der Waals surface area contributed by atoms with Gasteiger partial charge in [0.05, 0.1) is 11.5 Å². The zero-order valence-corrected chi connectivity index (χ0v) is 10.9. The summed E-state index contributed by atoms with van der Waals surface area (Å²) in [7, 11) is 0. The second kappa shape index (κ2) is 4.37. The van der Waals surface area contributed by atoms with Crippen molar-refractivity contribution in [2.45, 2.75) is 58.1 Å². The summed E-state index contributed by atoms with van der Waals surface area (Å²) in [5, 5.41) is 21.5. The van der Waals surface area contributed by atoms with Crippen LogP contribution in [0.3, 0.4) is 0 Å². The molecule has 0 radical (unpaired) electrons. The monoisotopic (exact) mass is 243 g/mol. The lowest BCUT2D eigenvalue weighted by Crippen LogP contribution is -2.56. The molecule has 1 aliphatic rings. The number of carbonyl (C=O) groups is 1. The first-order chi connectivity index (χ1) is 7.63. The summed E-state index contributed by atoms with van der Waals surface area (Å²) in [5.41, 5.74) is -2.18. The van der Waals surface area contributed by atoms with E-state index in [-0.39, 0.29) is 23.0 Å². The van der Waals surface area contributed by atoms with Gasteiger partial charge in [0.25, 0.3) is 0 Å². The number of rotatable bonds is 3. The zero-order chi connectivity index (χ0) is 13.4. The van der Waals surface area contributed by atoms with E-state index < -0.39 is 17.1 Å². The van der Waals surface area contributed by atoms with Crippen LogP contribution in [0.4, 0.5) is 0 Å². The Kier molecular flexibility index (Phi) is 3.62. The number of nitro groups is 1. The van der Waals surface area contributed by atoms with E-state index in [1.165, 1.54) is 6.92 Å². The molecule has 0 saturated heterocycles. The second-order valence-corrected chi connectivity index (χ2v) is 5.74. The van der Waals surface area contributed by atoms with Crippen LogP contribution < -0.4 is 0 Å². The lowest BCUT2D eigenvalue weighted by atomic mass is 9.63. The number of hydrogen-bond acceptors (Lipinski definition) is 4. The summed E-state index contributed by atoms with van der Waals surface area (Å²) >= 11 is 0. The third-order valence-corrected chi connectivity index (χ3v) is 4.30. The maximum absolute atomic E-state index is 11.6. The van der Waals surface area contributed by atoms with E-state index in [0.29, 0.717) is 12.8 Å². The molecule has 1 rings (SSSR count). The highest BCUT2D eigenvalue weighted by Crippen LogP contribution is 2.44. The molecule has 0 bridgehead atoms. The van der Waals surface area contributed by atoms with E-state index >= 15 is 0 Å². The van der Waals surface area contributed by atoms with Crippen molar-refractivity contribution >= 4 is 5.78 Å². The van der Waals surface area contributed by atoms with E-state index in [0.717, 1.165) is 0 Å². The summed E-state index contributed by atoms with van der Waals surface area (Å²) < 4.78 is 0. The smallest absolute Gasteiger partial charge is 0.225 e. The molecular weight excluding hydrogens is 222 g/mol. The van der Waals surface area contributed by atoms with Gasteiger partial charge in [-0.05, 0) is 20.3 Å².